The van der Waals surface area contributed by atoms with Crippen LogP contribution in [0.3, 0.4) is 0 Å². The lowest BCUT2D eigenvalue weighted by atomic mass is 10.2. The molecule has 16 heavy (non-hydrogen) atoms. The normalized spacial score (nSPS) is 12.5. The number of ether oxygens (including phenoxy) is 1. The Kier molecular flexibility index (Phi) is 4.99. The second kappa shape index (κ2) is 6.28. The molecule has 0 saturated heterocycles. The third-order valence-electron chi connectivity index (χ3n) is 2.16. The molecule has 0 aliphatic carbocycles. The molecule has 0 aliphatic heterocycles. The Hall–Kier alpha value is -1.35. The van der Waals surface area contributed by atoms with Crippen molar-refractivity contribution < 1.29 is 9.53 Å². The van der Waals surface area contributed by atoms with E-state index in [2.05, 4.69) is 5.32 Å². The van der Waals surface area contributed by atoms with Crippen LogP contribution in [0.5, 0.6) is 0 Å². The summed E-state index contributed by atoms with van der Waals surface area (Å²) in [6, 6.07) is 9.69. The van der Waals surface area contributed by atoms with E-state index < -0.39 is 0 Å². The van der Waals surface area contributed by atoms with E-state index in [1.807, 2.05) is 51.1 Å². The maximum absolute atomic E-state index is 11.6. The summed E-state index contributed by atoms with van der Waals surface area (Å²) in [5.74, 6) is -0.211. The molecule has 0 saturated carbocycles. The number of carbonyl (C=O) groups excluding carboxylic acids is 1. The van der Waals surface area contributed by atoms with E-state index in [9.17, 15) is 4.79 Å². The van der Waals surface area contributed by atoms with Crippen LogP contribution in [0.1, 0.15) is 26.3 Å². The summed E-state index contributed by atoms with van der Waals surface area (Å²) in [7, 11) is 0. The van der Waals surface area contributed by atoms with Crippen LogP contribution >= 0.6 is 0 Å². The molecule has 0 aromatic heterocycles. The highest BCUT2D eigenvalue weighted by Gasteiger charge is 2.14. The van der Waals surface area contributed by atoms with Gasteiger partial charge in [-0.15, -0.1) is 0 Å². The summed E-state index contributed by atoms with van der Waals surface area (Å²) in [6.45, 7) is 6.15. The molecule has 0 amide bonds. The topological polar surface area (TPSA) is 38.3 Å². The number of nitrogens with one attached hydrogen (secondary N) is 1. The monoisotopic (exact) mass is 221 g/mol. The van der Waals surface area contributed by atoms with Gasteiger partial charge >= 0.3 is 5.97 Å². The SMILES string of the molecule is CC(C)N[C@H](C)C(=O)OCc1ccccc1. The molecule has 3 nitrogen and oxygen atoms in total. The highest BCUT2D eigenvalue weighted by Crippen LogP contribution is 2.02. The smallest absolute Gasteiger partial charge is 0.323 e. The van der Waals surface area contributed by atoms with Crippen molar-refractivity contribution in [3.05, 3.63) is 35.9 Å². The van der Waals surface area contributed by atoms with Crippen molar-refractivity contribution in [1.29, 1.82) is 0 Å². The van der Waals surface area contributed by atoms with Gasteiger partial charge in [-0.3, -0.25) is 4.79 Å². The summed E-state index contributed by atoms with van der Waals surface area (Å²) < 4.78 is 5.19. The molecule has 1 aromatic carbocycles. The fourth-order valence-corrected chi connectivity index (χ4v) is 1.42. The molecular formula is C13H19NO2. The average Bonchev–Trinajstić information content (AvgIpc) is 2.26. The standard InChI is InChI=1S/C13H19NO2/c1-10(2)14-11(3)13(15)16-9-12-7-5-4-6-8-12/h4-8,10-11,14H,9H2,1-3H3/t11-/m1/s1. The van der Waals surface area contributed by atoms with Gasteiger partial charge in [-0.25, -0.2) is 0 Å². The van der Waals surface area contributed by atoms with Gasteiger partial charge in [0.05, 0.1) is 0 Å². The minimum atomic E-state index is -0.260. The van der Waals surface area contributed by atoms with Gasteiger partial charge in [0.25, 0.3) is 0 Å². The first-order chi connectivity index (χ1) is 7.59. The number of esters is 1. The van der Waals surface area contributed by atoms with Gasteiger partial charge < -0.3 is 10.1 Å². The zero-order chi connectivity index (χ0) is 12.0. The lowest BCUT2D eigenvalue weighted by Crippen LogP contribution is -2.39. The number of rotatable bonds is 5. The van der Waals surface area contributed by atoms with Crippen molar-refractivity contribution in [1.82, 2.24) is 5.32 Å². The van der Waals surface area contributed by atoms with Crippen molar-refractivity contribution in [2.75, 3.05) is 0 Å². The Balaban J connectivity index is 2.35. The maximum atomic E-state index is 11.6. The molecule has 0 aliphatic rings. The lowest BCUT2D eigenvalue weighted by Gasteiger charge is -2.15. The fraction of sp³-hybridized carbons (Fsp3) is 0.462. The van der Waals surface area contributed by atoms with Gasteiger partial charge in [0.15, 0.2) is 0 Å². The Morgan fingerprint density at radius 3 is 2.44 bits per heavy atom. The number of hydrogen-bond acceptors (Lipinski definition) is 3. The van der Waals surface area contributed by atoms with Crippen molar-refractivity contribution in [2.24, 2.45) is 0 Å². The number of hydrogen-bond donors (Lipinski definition) is 1. The van der Waals surface area contributed by atoms with Crippen LogP contribution in [0.2, 0.25) is 0 Å². The summed E-state index contributed by atoms with van der Waals surface area (Å²) in [5.41, 5.74) is 1.01. The molecule has 0 fully saturated rings. The van der Waals surface area contributed by atoms with E-state index in [0.717, 1.165) is 5.56 Å². The number of benzene rings is 1. The molecule has 0 radical (unpaired) electrons. The first-order valence-corrected chi connectivity index (χ1v) is 5.56. The molecule has 3 heteroatoms. The molecule has 0 spiro atoms. The largest absolute Gasteiger partial charge is 0.460 e. The minimum Gasteiger partial charge on any atom is -0.460 e. The Morgan fingerprint density at radius 1 is 1.25 bits per heavy atom. The third kappa shape index (κ3) is 4.45. The molecule has 0 unspecified atom stereocenters. The van der Waals surface area contributed by atoms with Crippen LogP contribution in [0, 0.1) is 0 Å². The van der Waals surface area contributed by atoms with Gasteiger partial charge in [0.1, 0.15) is 12.6 Å². The van der Waals surface area contributed by atoms with Crippen molar-refractivity contribution >= 4 is 5.97 Å². The maximum Gasteiger partial charge on any atom is 0.323 e. The molecule has 0 bridgehead atoms. The first-order valence-electron chi connectivity index (χ1n) is 5.56. The summed E-state index contributed by atoms with van der Waals surface area (Å²) in [6.07, 6.45) is 0. The highest BCUT2D eigenvalue weighted by molar-refractivity contribution is 5.75. The van der Waals surface area contributed by atoms with Gasteiger partial charge in [-0.1, -0.05) is 44.2 Å². The lowest BCUT2D eigenvalue weighted by molar-refractivity contribution is -0.147. The van der Waals surface area contributed by atoms with Crippen LogP contribution in [0.25, 0.3) is 0 Å². The van der Waals surface area contributed by atoms with E-state index in [1.165, 1.54) is 0 Å². The van der Waals surface area contributed by atoms with E-state index in [0.29, 0.717) is 6.61 Å². The Bertz CT molecular complexity index is 322. The second-order valence-corrected chi connectivity index (χ2v) is 4.14. The molecule has 1 atom stereocenters. The predicted octanol–water partition coefficient (Wildman–Crippen LogP) is 2.12. The van der Waals surface area contributed by atoms with E-state index in [-0.39, 0.29) is 18.1 Å². The predicted molar refractivity (Wildman–Crippen MR) is 64.0 cm³/mol. The van der Waals surface area contributed by atoms with Crippen molar-refractivity contribution in [3.63, 3.8) is 0 Å². The summed E-state index contributed by atoms with van der Waals surface area (Å²) in [4.78, 5) is 11.6. The molecule has 1 N–H and O–H groups in total. The van der Waals surface area contributed by atoms with E-state index in [1.54, 1.807) is 0 Å². The number of carbonyl (C=O) groups is 1. The van der Waals surface area contributed by atoms with Crippen LogP contribution in [-0.2, 0) is 16.1 Å². The second-order valence-electron chi connectivity index (χ2n) is 4.14. The quantitative estimate of drug-likeness (QED) is 0.774. The van der Waals surface area contributed by atoms with Crippen LogP contribution in [0.15, 0.2) is 30.3 Å². The zero-order valence-corrected chi connectivity index (χ0v) is 10.1. The van der Waals surface area contributed by atoms with Crippen LogP contribution in [0.4, 0.5) is 0 Å². The Labute approximate surface area is 96.8 Å². The van der Waals surface area contributed by atoms with Gasteiger partial charge in [-0.05, 0) is 12.5 Å². The van der Waals surface area contributed by atoms with Gasteiger partial charge in [0.2, 0.25) is 0 Å². The van der Waals surface area contributed by atoms with E-state index in [4.69, 9.17) is 4.74 Å². The van der Waals surface area contributed by atoms with Crippen molar-refractivity contribution in [2.45, 2.75) is 39.5 Å². The fourth-order valence-electron chi connectivity index (χ4n) is 1.42. The first kappa shape index (κ1) is 12.7. The summed E-state index contributed by atoms with van der Waals surface area (Å²) in [5, 5.41) is 3.10. The van der Waals surface area contributed by atoms with Crippen LogP contribution < -0.4 is 5.32 Å². The minimum absolute atomic E-state index is 0.211. The third-order valence-corrected chi connectivity index (χ3v) is 2.16. The molecule has 1 aromatic rings. The van der Waals surface area contributed by atoms with E-state index >= 15 is 0 Å². The van der Waals surface area contributed by atoms with Gasteiger partial charge in [-0.2, -0.15) is 0 Å². The van der Waals surface area contributed by atoms with Crippen molar-refractivity contribution in [3.8, 4) is 0 Å². The van der Waals surface area contributed by atoms with Crippen LogP contribution in [-0.4, -0.2) is 18.1 Å². The molecule has 1 rings (SSSR count). The Morgan fingerprint density at radius 2 is 1.88 bits per heavy atom. The molecule has 88 valence electrons. The summed E-state index contributed by atoms with van der Waals surface area (Å²) >= 11 is 0. The van der Waals surface area contributed by atoms with Gasteiger partial charge in [0, 0.05) is 6.04 Å². The zero-order valence-electron chi connectivity index (χ0n) is 10.1. The average molecular weight is 221 g/mol. The highest BCUT2D eigenvalue weighted by atomic mass is 16.5. The molecular weight excluding hydrogens is 202 g/mol. The molecule has 0 heterocycles.